The molecule has 0 aromatic heterocycles. The van der Waals surface area contributed by atoms with E-state index in [1.54, 1.807) is 0 Å². The van der Waals surface area contributed by atoms with Gasteiger partial charge in [-0.3, -0.25) is 0 Å². The number of anilines is 2. The quantitative estimate of drug-likeness (QED) is 0.557. The Morgan fingerprint density at radius 1 is 0.900 bits per heavy atom. The normalized spacial score (nSPS) is 13.2. The van der Waals surface area contributed by atoms with Crippen LogP contribution in [0.1, 0.15) is 0 Å². The molecule has 0 saturated carbocycles. The Morgan fingerprint density at radius 2 is 1.40 bits per heavy atom. The van der Waals surface area contributed by atoms with E-state index in [1.165, 1.54) is 0 Å². The fraction of sp³-hybridized carbons (Fsp3) is 0. The third-order valence-corrected chi connectivity index (χ3v) is 1.38. The van der Waals surface area contributed by atoms with Gasteiger partial charge in [-0.1, -0.05) is 12.1 Å². The van der Waals surface area contributed by atoms with Gasteiger partial charge in [0.1, 0.15) is 0 Å². The Bertz CT molecular complexity index is 239. The zero-order chi connectivity index (χ0) is 6.81. The molecular weight excluding hydrogens is 124 g/mol. The third kappa shape index (κ3) is 0.739. The van der Waals surface area contributed by atoms with E-state index in [-0.39, 0.29) is 0 Å². The highest BCUT2D eigenvalue weighted by Gasteiger charge is 2.00. The van der Waals surface area contributed by atoms with E-state index in [0.29, 0.717) is 0 Å². The fourth-order valence-electron chi connectivity index (χ4n) is 0.898. The summed E-state index contributed by atoms with van der Waals surface area (Å²) in [5.74, 6) is 0. The Morgan fingerprint density at radius 3 is 1.90 bits per heavy atom. The van der Waals surface area contributed by atoms with Crippen LogP contribution in [0.3, 0.4) is 0 Å². The number of nitrogens with one attached hydrogen (secondary N) is 2. The second-order valence-corrected chi connectivity index (χ2v) is 2.05. The third-order valence-electron chi connectivity index (χ3n) is 1.38. The molecule has 10 heavy (non-hydrogen) atoms. The minimum absolute atomic E-state index is 1.04. The molecule has 0 saturated heterocycles. The standard InChI is InChI=1S/C8H6N2/c1-2-4-8-7(3-1)9-5-6-10-8/h1-4,9-10H. The molecule has 0 fully saturated rings. The van der Waals surface area contributed by atoms with Crippen LogP contribution in [-0.2, 0) is 0 Å². The Hall–Kier alpha value is -1.44. The zero-order valence-electron chi connectivity index (χ0n) is 5.31. The molecule has 0 bridgehead atoms. The molecule has 1 aliphatic heterocycles. The zero-order valence-corrected chi connectivity index (χ0v) is 5.31. The van der Waals surface area contributed by atoms with Gasteiger partial charge in [0.15, 0.2) is 0 Å². The molecule has 0 amide bonds. The van der Waals surface area contributed by atoms with Crippen molar-refractivity contribution in [2.75, 3.05) is 10.6 Å². The highest BCUT2D eigenvalue weighted by Crippen LogP contribution is 2.22. The van der Waals surface area contributed by atoms with Gasteiger partial charge in [0.05, 0.1) is 23.8 Å². The van der Waals surface area contributed by atoms with Gasteiger partial charge < -0.3 is 10.6 Å². The molecule has 0 atom stereocenters. The lowest BCUT2D eigenvalue weighted by Gasteiger charge is -2.11. The number of fused-ring (bicyclic) bond motifs is 1. The Balaban J connectivity index is 2.47. The lowest BCUT2D eigenvalue weighted by molar-refractivity contribution is 1.40. The van der Waals surface area contributed by atoms with Gasteiger partial charge in [-0.15, -0.1) is 0 Å². The number of benzene rings is 1. The van der Waals surface area contributed by atoms with Crippen LogP contribution in [0.4, 0.5) is 11.4 Å². The maximum absolute atomic E-state index is 2.94. The van der Waals surface area contributed by atoms with Gasteiger partial charge in [0.2, 0.25) is 0 Å². The largest absolute Gasteiger partial charge is 0.350 e. The molecule has 2 nitrogen and oxygen atoms in total. The monoisotopic (exact) mass is 130 g/mol. The van der Waals surface area contributed by atoms with Gasteiger partial charge in [-0.2, -0.15) is 0 Å². The predicted octanol–water partition coefficient (Wildman–Crippen LogP) is 1.60. The average molecular weight is 130 g/mol. The summed E-state index contributed by atoms with van der Waals surface area (Å²) >= 11 is 0. The molecule has 1 aromatic carbocycles. The van der Waals surface area contributed by atoms with Gasteiger partial charge in [0.25, 0.3) is 0 Å². The summed E-state index contributed by atoms with van der Waals surface area (Å²) < 4.78 is 0. The summed E-state index contributed by atoms with van der Waals surface area (Å²) in [5, 5.41) is 5.88. The summed E-state index contributed by atoms with van der Waals surface area (Å²) in [6.45, 7) is 0. The topological polar surface area (TPSA) is 24.1 Å². The first-order valence-electron chi connectivity index (χ1n) is 3.08. The minimum Gasteiger partial charge on any atom is -0.350 e. The second-order valence-electron chi connectivity index (χ2n) is 2.05. The molecule has 0 spiro atoms. The Kier molecular flexibility index (Phi) is 1.10. The summed E-state index contributed by atoms with van der Waals surface area (Å²) in [4.78, 5) is 0. The molecule has 0 unspecified atom stereocenters. The van der Waals surface area contributed by atoms with E-state index >= 15 is 0 Å². The van der Waals surface area contributed by atoms with Crippen LogP contribution >= 0.6 is 0 Å². The van der Waals surface area contributed by atoms with Crippen LogP contribution in [0, 0.1) is 12.4 Å². The van der Waals surface area contributed by atoms with Crippen LogP contribution in [-0.4, -0.2) is 0 Å². The second kappa shape index (κ2) is 2.06. The molecule has 1 heterocycles. The number of para-hydroxylation sites is 2. The van der Waals surface area contributed by atoms with Crippen molar-refractivity contribution in [1.82, 2.24) is 0 Å². The van der Waals surface area contributed by atoms with Crippen LogP contribution in [0.5, 0.6) is 0 Å². The lowest BCUT2D eigenvalue weighted by atomic mass is 10.2. The first-order valence-corrected chi connectivity index (χ1v) is 3.08. The fourth-order valence-corrected chi connectivity index (χ4v) is 0.898. The first kappa shape index (κ1) is 5.35. The van der Waals surface area contributed by atoms with Gasteiger partial charge >= 0.3 is 0 Å². The van der Waals surface area contributed by atoms with Gasteiger partial charge in [0, 0.05) is 0 Å². The summed E-state index contributed by atoms with van der Waals surface area (Å²) in [5.41, 5.74) is 2.09. The molecule has 1 aromatic rings. The van der Waals surface area contributed by atoms with E-state index in [4.69, 9.17) is 0 Å². The number of hydrogen-bond donors (Lipinski definition) is 2. The molecule has 1 aliphatic rings. The van der Waals surface area contributed by atoms with Crippen molar-refractivity contribution in [2.24, 2.45) is 0 Å². The molecular formula is C8H6N2. The van der Waals surface area contributed by atoms with Crippen molar-refractivity contribution in [3.8, 4) is 0 Å². The summed E-state index contributed by atoms with van der Waals surface area (Å²) in [7, 11) is 0. The molecule has 2 N–H and O–H groups in total. The van der Waals surface area contributed by atoms with Crippen LogP contribution in [0.2, 0.25) is 0 Å². The van der Waals surface area contributed by atoms with Crippen molar-refractivity contribution >= 4 is 11.4 Å². The van der Waals surface area contributed by atoms with Crippen molar-refractivity contribution in [1.29, 1.82) is 0 Å². The highest BCUT2D eigenvalue weighted by molar-refractivity contribution is 5.71. The Labute approximate surface area is 59.6 Å². The molecule has 2 heteroatoms. The van der Waals surface area contributed by atoms with Crippen molar-refractivity contribution in [3.05, 3.63) is 36.7 Å². The number of rotatable bonds is 0. The average Bonchev–Trinajstić information content (AvgIpc) is 2.05. The van der Waals surface area contributed by atoms with Gasteiger partial charge in [-0.05, 0) is 12.1 Å². The maximum atomic E-state index is 2.94. The smallest absolute Gasteiger partial charge is 0.0908 e. The van der Waals surface area contributed by atoms with Crippen molar-refractivity contribution in [3.63, 3.8) is 0 Å². The molecule has 2 rings (SSSR count). The van der Waals surface area contributed by atoms with E-state index in [1.807, 2.05) is 24.3 Å². The predicted molar refractivity (Wildman–Crippen MR) is 40.2 cm³/mol. The maximum Gasteiger partial charge on any atom is 0.0908 e. The van der Waals surface area contributed by atoms with E-state index in [2.05, 4.69) is 23.0 Å². The van der Waals surface area contributed by atoms with E-state index in [9.17, 15) is 0 Å². The molecule has 2 radical (unpaired) electrons. The number of hydrogen-bond acceptors (Lipinski definition) is 2. The SMILES string of the molecule is [C]1=[C]Nc2ccccc2N1. The van der Waals surface area contributed by atoms with Crippen molar-refractivity contribution < 1.29 is 0 Å². The van der Waals surface area contributed by atoms with E-state index < -0.39 is 0 Å². The molecule has 48 valence electrons. The van der Waals surface area contributed by atoms with E-state index in [0.717, 1.165) is 11.4 Å². The van der Waals surface area contributed by atoms with Crippen LogP contribution < -0.4 is 10.6 Å². The summed E-state index contributed by atoms with van der Waals surface area (Å²) in [6, 6.07) is 7.91. The first-order chi connectivity index (χ1) is 4.97. The van der Waals surface area contributed by atoms with Crippen LogP contribution in [0.15, 0.2) is 24.3 Å². The van der Waals surface area contributed by atoms with Crippen LogP contribution in [0.25, 0.3) is 0 Å². The van der Waals surface area contributed by atoms with Crippen molar-refractivity contribution in [2.45, 2.75) is 0 Å². The highest BCUT2D eigenvalue weighted by atomic mass is 15.0. The summed E-state index contributed by atoms with van der Waals surface area (Å²) in [6.07, 6.45) is 5.46. The van der Waals surface area contributed by atoms with Gasteiger partial charge in [-0.25, -0.2) is 0 Å². The molecule has 0 aliphatic carbocycles. The minimum atomic E-state index is 1.04. The lowest BCUT2D eigenvalue weighted by Crippen LogP contribution is -2.02.